The monoisotopic (exact) mass is 287 g/mol. The fourth-order valence-electron chi connectivity index (χ4n) is 2.86. The molecule has 1 saturated heterocycles. The van der Waals surface area contributed by atoms with E-state index in [1.807, 2.05) is 36.4 Å². The molecule has 1 heterocycles. The van der Waals surface area contributed by atoms with Crippen molar-refractivity contribution in [2.75, 3.05) is 0 Å². The molecule has 0 aliphatic carbocycles. The molecule has 3 atom stereocenters. The van der Waals surface area contributed by atoms with Crippen molar-refractivity contribution in [2.24, 2.45) is 0 Å². The van der Waals surface area contributed by atoms with Crippen molar-refractivity contribution in [3.63, 3.8) is 0 Å². The summed E-state index contributed by atoms with van der Waals surface area (Å²) in [6.45, 7) is 3.74. The quantitative estimate of drug-likeness (QED) is 0.572. The van der Waals surface area contributed by atoms with E-state index in [1.165, 1.54) is 5.57 Å². The fraction of sp³-hybridized carbons (Fsp3) is 0.444. The highest BCUT2D eigenvalue weighted by atomic mass is 16.3. The van der Waals surface area contributed by atoms with Crippen LogP contribution in [0.4, 0.5) is 0 Å². The number of allylic oxidation sites excluding steroid dienone is 3. The summed E-state index contributed by atoms with van der Waals surface area (Å²) in [5.41, 5.74) is 2.21. The van der Waals surface area contributed by atoms with Gasteiger partial charge in [0.25, 0.3) is 0 Å². The van der Waals surface area contributed by atoms with Crippen LogP contribution in [0.1, 0.15) is 44.8 Å². The first-order valence-electron chi connectivity index (χ1n) is 7.58. The number of rotatable bonds is 5. The Morgan fingerprint density at radius 2 is 1.95 bits per heavy atom. The van der Waals surface area contributed by atoms with Crippen LogP contribution in [0.3, 0.4) is 0 Å². The zero-order valence-electron chi connectivity index (χ0n) is 12.8. The van der Waals surface area contributed by atoms with E-state index in [2.05, 4.69) is 12.2 Å². The lowest BCUT2D eigenvalue weighted by molar-refractivity contribution is 0.135. The van der Waals surface area contributed by atoms with Crippen LogP contribution in [0, 0.1) is 0 Å². The molecule has 3 unspecified atom stereocenters. The molecule has 1 aliphatic heterocycles. The Morgan fingerprint density at radius 1 is 1.24 bits per heavy atom. The maximum Gasteiger partial charge on any atom is 0.0943 e. The molecule has 1 aromatic carbocycles. The van der Waals surface area contributed by atoms with E-state index < -0.39 is 6.10 Å². The average molecular weight is 287 g/mol. The van der Waals surface area contributed by atoms with Gasteiger partial charge in [-0.3, -0.25) is 0 Å². The number of aliphatic hydroxyl groups is 2. The summed E-state index contributed by atoms with van der Waals surface area (Å²) < 4.78 is 0. The lowest BCUT2D eigenvalue weighted by Crippen LogP contribution is -2.34. The van der Waals surface area contributed by atoms with Crippen molar-refractivity contribution in [2.45, 2.75) is 51.3 Å². The van der Waals surface area contributed by atoms with E-state index in [9.17, 15) is 10.2 Å². The van der Waals surface area contributed by atoms with Gasteiger partial charge in [-0.25, -0.2) is 0 Å². The molecule has 3 nitrogen and oxygen atoms in total. The van der Waals surface area contributed by atoms with Gasteiger partial charge in [0.2, 0.25) is 0 Å². The van der Waals surface area contributed by atoms with Crippen molar-refractivity contribution in [3.8, 4) is 0 Å². The minimum Gasteiger partial charge on any atom is -0.513 e. The van der Waals surface area contributed by atoms with Crippen LogP contribution in [0.25, 0.3) is 0 Å². The standard InChI is InChI=1S/C18H25NO2/c1-13(8-9-14(2)20)12-16-10-11-17(19-16)18(21)15-6-4-3-5-7-15/h3-9,16-21H,10-12H2,1-2H3/b13-8+,14-9+. The highest BCUT2D eigenvalue weighted by molar-refractivity contribution is 5.20. The average Bonchev–Trinajstić information content (AvgIpc) is 2.93. The SMILES string of the molecule is C/C(O)=C\C=C(/C)CC1CCC(C(O)c2ccccc2)N1. The molecule has 0 amide bonds. The molecule has 0 bridgehead atoms. The second kappa shape index (κ2) is 7.43. The normalized spacial score (nSPS) is 25.1. The first kappa shape index (κ1) is 15.8. The Balaban J connectivity index is 1.89. The van der Waals surface area contributed by atoms with Crippen molar-refractivity contribution in [1.82, 2.24) is 5.32 Å². The third-order valence-corrected chi connectivity index (χ3v) is 3.98. The first-order valence-corrected chi connectivity index (χ1v) is 7.58. The maximum absolute atomic E-state index is 10.4. The third kappa shape index (κ3) is 4.73. The van der Waals surface area contributed by atoms with Crippen molar-refractivity contribution in [1.29, 1.82) is 0 Å². The van der Waals surface area contributed by atoms with Gasteiger partial charge in [-0.15, -0.1) is 0 Å². The van der Waals surface area contributed by atoms with Crippen molar-refractivity contribution in [3.05, 3.63) is 59.4 Å². The van der Waals surface area contributed by atoms with Gasteiger partial charge < -0.3 is 15.5 Å². The summed E-state index contributed by atoms with van der Waals surface area (Å²) in [6, 6.07) is 10.4. The van der Waals surface area contributed by atoms with Gasteiger partial charge in [-0.2, -0.15) is 0 Å². The predicted octanol–water partition coefficient (Wildman–Crippen LogP) is 3.64. The maximum atomic E-state index is 10.4. The zero-order valence-corrected chi connectivity index (χ0v) is 12.8. The minimum absolute atomic E-state index is 0.125. The molecule has 21 heavy (non-hydrogen) atoms. The fourth-order valence-corrected chi connectivity index (χ4v) is 2.86. The number of hydrogen-bond acceptors (Lipinski definition) is 3. The molecule has 0 saturated carbocycles. The second-order valence-corrected chi connectivity index (χ2v) is 5.93. The summed E-state index contributed by atoms with van der Waals surface area (Å²) in [5, 5.41) is 23.1. The minimum atomic E-state index is -0.444. The van der Waals surface area contributed by atoms with Crippen LogP contribution in [0.15, 0.2) is 53.8 Å². The zero-order chi connectivity index (χ0) is 15.2. The third-order valence-electron chi connectivity index (χ3n) is 3.98. The molecule has 2 rings (SSSR count). The molecule has 1 aliphatic rings. The van der Waals surface area contributed by atoms with Gasteiger partial charge in [0.1, 0.15) is 0 Å². The second-order valence-electron chi connectivity index (χ2n) is 5.93. The topological polar surface area (TPSA) is 52.5 Å². The molecule has 1 aromatic rings. The van der Waals surface area contributed by atoms with E-state index >= 15 is 0 Å². The van der Waals surface area contributed by atoms with Crippen molar-refractivity contribution >= 4 is 0 Å². The van der Waals surface area contributed by atoms with Gasteiger partial charge >= 0.3 is 0 Å². The van der Waals surface area contributed by atoms with Gasteiger partial charge in [-0.1, -0.05) is 42.0 Å². The number of nitrogens with one attached hydrogen (secondary N) is 1. The van der Waals surface area contributed by atoms with Gasteiger partial charge in [0.05, 0.1) is 11.9 Å². The molecular formula is C18H25NO2. The highest BCUT2D eigenvalue weighted by Gasteiger charge is 2.29. The summed E-state index contributed by atoms with van der Waals surface area (Å²) in [6.07, 6.45) is 6.24. The smallest absolute Gasteiger partial charge is 0.0943 e. The van der Waals surface area contributed by atoms with Gasteiger partial charge in [0, 0.05) is 12.1 Å². The van der Waals surface area contributed by atoms with Crippen LogP contribution in [-0.2, 0) is 0 Å². The molecule has 0 spiro atoms. The van der Waals surface area contributed by atoms with E-state index in [4.69, 9.17) is 0 Å². The van der Waals surface area contributed by atoms with Crippen LogP contribution in [-0.4, -0.2) is 22.3 Å². The molecular weight excluding hydrogens is 262 g/mol. The Morgan fingerprint density at radius 3 is 2.62 bits per heavy atom. The lowest BCUT2D eigenvalue weighted by atomic mass is 10.0. The molecule has 3 heteroatoms. The van der Waals surface area contributed by atoms with E-state index in [0.717, 1.165) is 24.8 Å². The lowest BCUT2D eigenvalue weighted by Gasteiger charge is -2.20. The highest BCUT2D eigenvalue weighted by Crippen LogP contribution is 2.27. The number of hydrogen-bond donors (Lipinski definition) is 3. The summed E-state index contributed by atoms with van der Waals surface area (Å²) in [5.74, 6) is 0.325. The van der Waals surface area contributed by atoms with Crippen molar-refractivity contribution < 1.29 is 10.2 Å². The van der Waals surface area contributed by atoms with Crippen LogP contribution in [0.5, 0.6) is 0 Å². The van der Waals surface area contributed by atoms with Crippen LogP contribution < -0.4 is 5.32 Å². The Labute approximate surface area is 127 Å². The Hall–Kier alpha value is -1.58. The Kier molecular flexibility index (Phi) is 5.59. The number of benzene rings is 1. The predicted molar refractivity (Wildman–Crippen MR) is 86.1 cm³/mol. The first-order chi connectivity index (χ1) is 10.1. The molecule has 3 N–H and O–H groups in total. The summed E-state index contributed by atoms with van der Waals surface area (Å²) >= 11 is 0. The molecule has 1 fully saturated rings. The number of aliphatic hydroxyl groups excluding tert-OH is 2. The molecule has 0 radical (unpaired) electrons. The van der Waals surface area contributed by atoms with Gasteiger partial charge in [-0.05, 0) is 44.7 Å². The van der Waals surface area contributed by atoms with Crippen LogP contribution >= 0.6 is 0 Å². The Bertz CT molecular complexity index is 503. The van der Waals surface area contributed by atoms with E-state index in [0.29, 0.717) is 11.8 Å². The summed E-state index contributed by atoms with van der Waals surface area (Å²) in [4.78, 5) is 0. The van der Waals surface area contributed by atoms with E-state index in [-0.39, 0.29) is 6.04 Å². The molecule has 114 valence electrons. The summed E-state index contributed by atoms with van der Waals surface area (Å²) in [7, 11) is 0. The van der Waals surface area contributed by atoms with Crippen LogP contribution in [0.2, 0.25) is 0 Å². The van der Waals surface area contributed by atoms with Gasteiger partial charge in [0.15, 0.2) is 0 Å². The molecule has 0 aromatic heterocycles. The largest absolute Gasteiger partial charge is 0.513 e. The van der Waals surface area contributed by atoms with E-state index in [1.54, 1.807) is 13.0 Å².